The lowest BCUT2D eigenvalue weighted by Gasteiger charge is -2.37. The van der Waals surface area contributed by atoms with Gasteiger partial charge in [-0.15, -0.1) is 0 Å². The van der Waals surface area contributed by atoms with E-state index in [0.29, 0.717) is 24.2 Å². The zero-order valence-corrected chi connectivity index (χ0v) is 26.9. The lowest BCUT2D eigenvalue weighted by Crippen LogP contribution is -2.58. The minimum atomic E-state index is -1.54. The molecule has 11 atom stereocenters. The van der Waals surface area contributed by atoms with Crippen LogP contribution in [-0.2, 0) is 16.0 Å². The highest BCUT2D eigenvalue weighted by Gasteiger charge is 2.43. The molecule has 3 aliphatic heterocycles. The number of ether oxygens (including phenoxy) is 2. The molecule has 0 spiro atoms. The molecule has 1 aromatic heterocycles. The van der Waals surface area contributed by atoms with E-state index in [0.717, 1.165) is 34.9 Å². The maximum Gasteiger partial charge on any atom is 0.147 e. The highest BCUT2D eigenvalue weighted by Crippen LogP contribution is 2.31. The van der Waals surface area contributed by atoms with Gasteiger partial charge in [0, 0.05) is 48.1 Å². The predicted octanol–water partition coefficient (Wildman–Crippen LogP) is -3.25. The van der Waals surface area contributed by atoms with Crippen LogP contribution < -0.4 is 0 Å². The second-order valence-corrected chi connectivity index (χ2v) is 12.9. The molecule has 14 nitrogen and oxygen atoms in total. The van der Waals surface area contributed by atoms with Crippen LogP contribution in [0.15, 0.2) is 36.4 Å². The summed E-state index contributed by atoms with van der Waals surface area (Å²) in [6, 6.07) is 11.1. The van der Waals surface area contributed by atoms with Crippen LogP contribution in [0.4, 0.5) is 0 Å². The second-order valence-electron chi connectivity index (χ2n) is 12.9. The molecule has 6 rings (SSSR count). The lowest BCUT2D eigenvalue weighted by atomic mass is 9.95. The highest BCUT2D eigenvalue weighted by molar-refractivity contribution is 6.08. The predicted molar refractivity (Wildman–Crippen MR) is 176 cm³/mol. The first-order chi connectivity index (χ1) is 23.5. The Hall–Kier alpha value is -3.16. The van der Waals surface area contributed by atoms with Gasteiger partial charge in [-0.3, -0.25) is 4.90 Å². The summed E-state index contributed by atoms with van der Waals surface area (Å²) in [7, 11) is 2.04. The van der Waals surface area contributed by atoms with E-state index in [-0.39, 0.29) is 6.54 Å². The second kappa shape index (κ2) is 15.0. The van der Waals surface area contributed by atoms with E-state index in [4.69, 9.17) is 9.47 Å². The van der Waals surface area contributed by atoms with Crippen molar-refractivity contribution in [1.82, 2.24) is 14.4 Å². The van der Waals surface area contributed by atoms with Crippen LogP contribution >= 0.6 is 0 Å². The third kappa shape index (κ3) is 7.21. The largest absolute Gasteiger partial charge is 0.394 e. The molecule has 0 amide bonds. The minimum Gasteiger partial charge on any atom is -0.394 e. The average Bonchev–Trinajstić information content (AvgIpc) is 3.40. The van der Waals surface area contributed by atoms with Crippen molar-refractivity contribution in [2.75, 3.05) is 46.4 Å². The fourth-order valence-corrected chi connectivity index (χ4v) is 6.60. The number of benzene rings is 2. The van der Waals surface area contributed by atoms with E-state index in [2.05, 4.69) is 28.6 Å². The Morgan fingerprint density at radius 2 is 1.12 bits per heavy atom. The Morgan fingerprint density at radius 3 is 1.55 bits per heavy atom. The van der Waals surface area contributed by atoms with Crippen molar-refractivity contribution >= 4 is 21.8 Å². The van der Waals surface area contributed by atoms with E-state index in [9.17, 15) is 46.0 Å². The Kier molecular flexibility index (Phi) is 10.9. The van der Waals surface area contributed by atoms with Crippen LogP contribution in [0, 0.1) is 23.7 Å². The fourth-order valence-electron chi connectivity index (χ4n) is 6.60. The van der Waals surface area contributed by atoms with Crippen molar-refractivity contribution in [3.63, 3.8) is 0 Å². The van der Waals surface area contributed by atoms with Crippen LogP contribution in [0.3, 0.4) is 0 Å². The maximum atomic E-state index is 11.4. The van der Waals surface area contributed by atoms with Crippen LogP contribution in [0.1, 0.15) is 11.1 Å². The third-order valence-electron chi connectivity index (χ3n) is 9.67. The number of rotatable bonds is 5. The molecule has 14 heteroatoms. The summed E-state index contributed by atoms with van der Waals surface area (Å²) in [6.45, 7) is 2.14. The van der Waals surface area contributed by atoms with Crippen molar-refractivity contribution in [2.45, 2.75) is 73.8 Å². The first-order valence-electron chi connectivity index (χ1n) is 16.3. The molecular formula is C35H43N3O11. The smallest absolute Gasteiger partial charge is 0.147 e. The number of likely N-dealkylation sites (N-methyl/N-ethyl adjacent to an activating group) is 1. The Labute approximate surface area is 282 Å². The van der Waals surface area contributed by atoms with E-state index < -0.39 is 80.5 Å². The Balaban J connectivity index is 1.36. The first-order valence-corrected chi connectivity index (χ1v) is 16.3. The third-order valence-corrected chi connectivity index (χ3v) is 9.67. The van der Waals surface area contributed by atoms with Crippen molar-refractivity contribution in [3.8, 4) is 23.7 Å². The molecular weight excluding hydrogens is 638 g/mol. The molecule has 0 radical (unpaired) electrons. The number of piperazine rings is 1. The van der Waals surface area contributed by atoms with Crippen molar-refractivity contribution in [2.24, 2.45) is 0 Å². The van der Waals surface area contributed by atoms with Crippen LogP contribution in [0.25, 0.3) is 21.8 Å². The topological polar surface area (TPSA) is 212 Å². The van der Waals surface area contributed by atoms with E-state index >= 15 is 0 Å². The van der Waals surface area contributed by atoms with Gasteiger partial charge < -0.3 is 64.9 Å². The molecule has 3 fully saturated rings. The summed E-state index contributed by atoms with van der Waals surface area (Å²) in [6.07, 6.45) is -14.3. The molecule has 0 aliphatic carbocycles. The summed E-state index contributed by atoms with van der Waals surface area (Å²) >= 11 is 0. The van der Waals surface area contributed by atoms with Gasteiger partial charge in [0.05, 0.1) is 30.8 Å². The molecule has 9 N–H and O–H groups in total. The van der Waals surface area contributed by atoms with Gasteiger partial charge in [0.25, 0.3) is 0 Å². The van der Waals surface area contributed by atoms with Gasteiger partial charge in [-0.1, -0.05) is 35.8 Å². The number of fused-ring (bicyclic) bond motifs is 3. The zero-order valence-electron chi connectivity index (χ0n) is 26.9. The molecule has 264 valence electrons. The van der Waals surface area contributed by atoms with Crippen molar-refractivity contribution < 1.29 is 55.4 Å². The van der Waals surface area contributed by atoms with E-state index in [1.165, 1.54) is 0 Å². The molecule has 4 heterocycles. The Morgan fingerprint density at radius 1 is 0.673 bits per heavy atom. The normalized spacial score (nSPS) is 33.5. The summed E-state index contributed by atoms with van der Waals surface area (Å²) in [5.74, 6) is 11.6. The summed E-state index contributed by atoms with van der Waals surface area (Å²) in [4.78, 5) is 4.22. The Bertz CT molecular complexity index is 1640. The van der Waals surface area contributed by atoms with Gasteiger partial charge in [-0.25, -0.2) is 0 Å². The molecule has 3 aromatic rings. The monoisotopic (exact) mass is 681 g/mol. The van der Waals surface area contributed by atoms with Gasteiger partial charge in [-0.05, 0) is 31.3 Å². The average molecular weight is 682 g/mol. The van der Waals surface area contributed by atoms with Gasteiger partial charge in [-0.2, -0.15) is 0 Å². The first kappa shape index (κ1) is 35.7. The van der Waals surface area contributed by atoms with Crippen LogP contribution in [-0.4, -0.2) is 174 Å². The van der Waals surface area contributed by atoms with Crippen LogP contribution in [0.5, 0.6) is 0 Å². The standard InChI is InChI=1S/C35H43N3O11/c1-36-10-12-37(13-11-36)29(41)16-38-23-14-19(4-8-25-30(42)34(46)32(44)27(17-39)48-25)2-6-21(23)22-7-3-20(15-24(22)38)5-9-26-31(43)35(47)33(45)28(18-40)49-26/h2-3,6-7,14-15,25-35,39-47H,10-13,16-18H2,1H3/t25-,26-,27-,28-,29?,30-,31-,32-,33-,34-,35-/m1/s1. The number of nitrogens with zero attached hydrogens (tertiary/aromatic N) is 3. The summed E-state index contributed by atoms with van der Waals surface area (Å²) in [5.41, 5.74) is 2.65. The molecule has 3 saturated heterocycles. The van der Waals surface area contributed by atoms with Crippen molar-refractivity contribution in [3.05, 3.63) is 47.5 Å². The quantitative estimate of drug-likeness (QED) is 0.121. The number of hydrogen-bond donors (Lipinski definition) is 9. The minimum absolute atomic E-state index is 0.219. The number of hydrogen-bond acceptors (Lipinski definition) is 13. The maximum absolute atomic E-state index is 11.4. The van der Waals surface area contributed by atoms with Gasteiger partial charge in [0.1, 0.15) is 67.3 Å². The van der Waals surface area contributed by atoms with Crippen molar-refractivity contribution in [1.29, 1.82) is 0 Å². The van der Waals surface area contributed by atoms with Crippen LogP contribution in [0.2, 0.25) is 0 Å². The molecule has 0 saturated carbocycles. The molecule has 1 unspecified atom stereocenters. The van der Waals surface area contributed by atoms with Gasteiger partial charge in [0.2, 0.25) is 0 Å². The summed E-state index contributed by atoms with van der Waals surface area (Å²) < 4.78 is 13.1. The van der Waals surface area contributed by atoms with E-state index in [1.54, 1.807) is 12.1 Å². The van der Waals surface area contributed by atoms with Gasteiger partial charge in [0.15, 0.2) is 0 Å². The SMILES string of the molecule is CN1CCN(C(O)Cn2c3cc(C#C[C@H]4O[C@H](CO)[C@@H](O)[C@H](O)[C@@H]4O)ccc3c3ccc(C#C[C@H]4O[C@H](CO)[C@@H](O)[C@H](O)[C@@H]4O)cc32)CC1. The molecule has 2 aromatic carbocycles. The zero-order chi connectivity index (χ0) is 35.0. The fraction of sp³-hybridized carbons (Fsp3) is 0.543. The summed E-state index contributed by atoms with van der Waals surface area (Å²) in [5, 5.41) is 93.6. The molecule has 3 aliphatic rings. The molecule has 49 heavy (non-hydrogen) atoms. The molecule has 0 bridgehead atoms. The van der Waals surface area contributed by atoms with E-state index in [1.807, 2.05) is 40.8 Å². The number of aromatic nitrogens is 1. The lowest BCUT2D eigenvalue weighted by molar-refractivity contribution is -0.214. The number of aliphatic hydroxyl groups is 9. The van der Waals surface area contributed by atoms with Gasteiger partial charge >= 0.3 is 0 Å². The number of aliphatic hydroxyl groups excluding tert-OH is 9. The highest BCUT2D eigenvalue weighted by atomic mass is 16.5.